The van der Waals surface area contributed by atoms with Crippen LogP contribution in [-0.4, -0.2) is 35.6 Å². The fourth-order valence-corrected chi connectivity index (χ4v) is 3.65. The second kappa shape index (κ2) is 7.51. The number of nitrogens with zero attached hydrogens (tertiary/aromatic N) is 2. The fraction of sp³-hybridized carbons (Fsp3) is 0.409. The number of rotatable bonds is 8. The van der Waals surface area contributed by atoms with E-state index in [0.717, 1.165) is 18.4 Å². The summed E-state index contributed by atoms with van der Waals surface area (Å²) in [4.78, 5) is 21.3. The van der Waals surface area contributed by atoms with Crippen molar-refractivity contribution in [2.45, 2.75) is 45.1 Å². The highest BCUT2D eigenvalue weighted by atomic mass is 16.5. The van der Waals surface area contributed by atoms with Gasteiger partial charge in [0.25, 0.3) is 5.91 Å². The molecule has 1 fully saturated rings. The Morgan fingerprint density at radius 3 is 2.63 bits per heavy atom. The monoisotopic (exact) mass is 410 g/mol. The molecule has 1 aliphatic rings. The van der Waals surface area contributed by atoms with E-state index in [1.165, 1.54) is 0 Å². The molecular formula is C22H26N4O4. The van der Waals surface area contributed by atoms with Crippen LogP contribution in [0.3, 0.4) is 0 Å². The summed E-state index contributed by atoms with van der Waals surface area (Å²) in [7, 11) is 3.24. The molecule has 30 heavy (non-hydrogen) atoms. The van der Waals surface area contributed by atoms with Gasteiger partial charge in [-0.25, -0.2) is 4.98 Å². The van der Waals surface area contributed by atoms with Gasteiger partial charge in [-0.15, -0.1) is 0 Å². The van der Waals surface area contributed by atoms with Crippen LogP contribution in [0.1, 0.15) is 47.3 Å². The third-order valence-corrected chi connectivity index (χ3v) is 5.54. The molecule has 8 heteroatoms. The van der Waals surface area contributed by atoms with E-state index in [9.17, 15) is 4.79 Å². The molecule has 8 nitrogen and oxygen atoms in total. The summed E-state index contributed by atoms with van der Waals surface area (Å²) < 4.78 is 16.7. The number of anilines is 1. The third kappa shape index (κ3) is 3.65. The number of benzene rings is 1. The maximum absolute atomic E-state index is 12.0. The maximum Gasteiger partial charge on any atom is 0.253 e. The van der Waals surface area contributed by atoms with Crippen molar-refractivity contribution in [3.8, 4) is 11.5 Å². The minimum absolute atomic E-state index is 0.0331. The quantitative estimate of drug-likeness (QED) is 0.585. The number of nitrogens with one attached hydrogen (secondary N) is 1. The van der Waals surface area contributed by atoms with Gasteiger partial charge in [0.1, 0.15) is 17.4 Å². The Morgan fingerprint density at radius 1 is 1.23 bits per heavy atom. The van der Waals surface area contributed by atoms with E-state index in [1.807, 2.05) is 18.2 Å². The van der Waals surface area contributed by atoms with Crippen molar-refractivity contribution in [1.29, 1.82) is 0 Å². The molecular weight excluding hydrogens is 384 g/mol. The zero-order valence-electron chi connectivity index (χ0n) is 17.7. The van der Waals surface area contributed by atoms with E-state index in [-0.39, 0.29) is 5.54 Å². The number of aryl methyl sites for hydroxylation is 3. The average molecular weight is 410 g/mol. The molecule has 1 aliphatic carbocycles. The molecule has 3 N–H and O–H groups in total. The van der Waals surface area contributed by atoms with Gasteiger partial charge in [-0.1, -0.05) is 12.1 Å². The van der Waals surface area contributed by atoms with Gasteiger partial charge in [-0.3, -0.25) is 4.79 Å². The van der Waals surface area contributed by atoms with E-state index in [2.05, 4.69) is 17.2 Å². The lowest BCUT2D eigenvalue weighted by Gasteiger charge is -2.15. The van der Waals surface area contributed by atoms with Crippen LogP contribution >= 0.6 is 0 Å². The van der Waals surface area contributed by atoms with E-state index < -0.39 is 5.91 Å². The molecule has 4 rings (SSSR count). The molecule has 0 radical (unpaired) electrons. The Morgan fingerprint density at radius 2 is 2.00 bits per heavy atom. The third-order valence-electron chi connectivity index (χ3n) is 5.54. The largest absolute Gasteiger partial charge is 0.493 e. The Labute approximate surface area is 174 Å². The lowest BCUT2D eigenvalue weighted by atomic mass is 10.1. The Bertz CT molecular complexity index is 1120. The maximum atomic E-state index is 12.0. The molecule has 0 aliphatic heterocycles. The van der Waals surface area contributed by atoms with Crippen molar-refractivity contribution < 1.29 is 18.7 Å². The number of hydrogen-bond donors (Lipinski definition) is 2. The van der Waals surface area contributed by atoms with E-state index in [1.54, 1.807) is 21.1 Å². The summed E-state index contributed by atoms with van der Waals surface area (Å²) in [6, 6.07) is 5.78. The standard InChI is InChI=1S/C22H26N4O4/c1-12-16(19(23)27)17-20(26-22(2)10-11-22)24-15(25-21(17)30-12)9-8-13-6-5-7-14(28-3)18(13)29-4/h5-7H,8-11H2,1-4H3,(H2,23,27)(H,24,25,26). The van der Waals surface area contributed by atoms with Crippen LogP contribution in [0.4, 0.5) is 5.82 Å². The van der Waals surface area contributed by atoms with Crippen LogP contribution in [-0.2, 0) is 12.8 Å². The highest BCUT2D eigenvalue weighted by molar-refractivity contribution is 6.09. The minimum Gasteiger partial charge on any atom is -0.493 e. The number of fused-ring (bicyclic) bond motifs is 1. The average Bonchev–Trinajstić information content (AvgIpc) is 3.33. The second-order valence-corrected chi connectivity index (χ2v) is 7.90. The first-order valence-corrected chi connectivity index (χ1v) is 9.93. The molecule has 0 bridgehead atoms. The van der Waals surface area contributed by atoms with Gasteiger partial charge < -0.3 is 24.9 Å². The second-order valence-electron chi connectivity index (χ2n) is 7.90. The Kier molecular flexibility index (Phi) is 5.01. The number of para-hydroxylation sites is 1. The topological polar surface area (TPSA) is 113 Å². The molecule has 1 saturated carbocycles. The van der Waals surface area contributed by atoms with Gasteiger partial charge in [0, 0.05) is 12.0 Å². The van der Waals surface area contributed by atoms with Crippen LogP contribution in [0, 0.1) is 6.92 Å². The lowest BCUT2D eigenvalue weighted by Crippen LogP contribution is -2.19. The summed E-state index contributed by atoms with van der Waals surface area (Å²) in [5.41, 5.74) is 7.26. The van der Waals surface area contributed by atoms with Crippen molar-refractivity contribution in [1.82, 2.24) is 9.97 Å². The number of ether oxygens (including phenoxy) is 2. The molecule has 3 aromatic rings. The van der Waals surface area contributed by atoms with Crippen molar-refractivity contribution in [2.75, 3.05) is 19.5 Å². The summed E-state index contributed by atoms with van der Waals surface area (Å²) in [5, 5.41) is 4.01. The number of aromatic nitrogens is 2. The van der Waals surface area contributed by atoms with Gasteiger partial charge >= 0.3 is 0 Å². The summed E-state index contributed by atoms with van der Waals surface area (Å²) in [6.45, 7) is 3.84. The zero-order valence-corrected chi connectivity index (χ0v) is 17.7. The van der Waals surface area contributed by atoms with Gasteiger partial charge in [-0.2, -0.15) is 4.98 Å². The summed E-state index contributed by atoms with van der Waals surface area (Å²) in [6.07, 6.45) is 3.30. The van der Waals surface area contributed by atoms with E-state index in [0.29, 0.717) is 58.4 Å². The van der Waals surface area contributed by atoms with Crippen LogP contribution < -0.4 is 20.5 Å². The predicted octanol–water partition coefficient (Wildman–Crippen LogP) is 3.40. The molecule has 2 heterocycles. The van der Waals surface area contributed by atoms with Crippen LogP contribution in [0.25, 0.3) is 11.1 Å². The van der Waals surface area contributed by atoms with Gasteiger partial charge in [0.2, 0.25) is 5.71 Å². The molecule has 0 unspecified atom stereocenters. The Balaban J connectivity index is 1.71. The van der Waals surface area contributed by atoms with E-state index >= 15 is 0 Å². The highest BCUT2D eigenvalue weighted by Gasteiger charge is 2.38. The molecule has 0 atom stereocenters. The first-order valence-electron chi connectivity index (χ1n) is 9.93. The zero-order chi connectivity index (χ0) is 21.5. The number of primary amides is 1. The number of hydrogen-bond acceptors (Lipinski definition) is 7. The number of amides is 1. The normalized spacial score (nSPS) is 14.5. The van der Waals surface area contributed by atoms with Crippen molar-refractivity contribution in [3.05, 3.63) is 40.9 Å². The number of carbonyl (C=O) groups is 1. The molecule has 0 saturated heterocycles. The van der Waals surface area contributed by atoms with Crippen molar-refractivity contribution in [2.24, 2.45) is 5.73 Å². The SMILES string of the molecule is COc1cccc(CCc2nc(NC3(C)CC3)c3c(C(N)=O)c(C)oc3n2)c1OC. The first-order chi connectivity index (χ1) is 14.3. The van der Waals surface area contributed by atoms with Gasteiger partial charge in [-0.05, 0) is 44.7 Å². The van der Waals surface area contributed by atoms with Crippen LogP contribution in [0.5, 0.6) is 11.5 Å². The number of furan rings is 1. The highest BCUT2D eigenvalue weighted by Crippen LogP contribution is 2.40. The van der Waals surface area contributed by atoms with Crippen molar-refractivity contribution >= 4 is 22.8 Å². The predicted molar refractivity (Wildman–Crippen MR) is 113 cm³/mol. The number of methoxy groups -OCH3 is 2. The molecule has 1 amide bonds. The van der Waals surface area contributed by atoms with Gasteiger partial charge in [0.15, 0.2) is 11.5 Å². The molecule has 2 aromatic heterocycles. The number of carbonyl (C=O) groups excluding carboxylic acids is 1. The smallest absolute Gasteiger partial charge is 0.253 e. The number of nitrogens with two attached hydrogens (primary N) is 1. The molecule has 1 aromatic carbocycles. The Hall–Kier alpha value is -3.29. The van der Waals surface area contributed by atoms with Crippen molar-refractivity contribution in [3.63, 3.8) is 0 Å². The van der Waals surface area contributed by atoms with Crippen LogP contribution in [0.2, 0.25) is 0 Å². The first kappa shape index (κ1) is 20.0. The van der Waals surface area contributed by atoms with E-state index in [4.69, 9.17) is 24.6 Å². The summed E-state index contributed by atoms with van der Waals surface area (Å²) >= 11 is 0. The molecule has 0 spiro atoms. The lowest BCUT2D eigenvalue weighted by molar-refractivity contribution is 0.1000. The fourth-order valence-electron chi connectivity index (χ4n) is 3.65. The summed E-state index contributed by atoms with van der Waals surface area (Å²) in [5.74, 6) is 2.50. The van der Waals surface area contributed by atoms with Crippen LogP contribution in [0.15, 0.2) is 22.6 Å². The van der Waals surface area contributed by atoms with Gasteiger partial charge in [0.05, 0.1) is 25.2 Å². The molecule has 158 valence electrons. The minimum atomic E-state index is -0.548.